The zero-order chi connectivity index (χ0) is 19.6. The van der Waals surface area contributed by atoms with Crippen LogP contribution in [-0.4, -0.2) is 28.6 Å². The monoisotopic (exact) mass is 402 g/mol. The number of hydrogen-bond acceptors (Lipinski definition) is 5. The summed E-state index contributed by atoms with van der Waals surface area (Å²) in [6.45, 7) is 2.39. The Morgan fingerprint density at radius 3 is 2.59 bits per heavy atom. The minimum atomic E-state index is -0.647. The van der Waals surface area contributed by atoms with Crippen molar-refractivity contribution in [1.82, 2.24) is 5.32 Å². The highest BCUT2D eigenvalue weighted by molar-refractivity contribution is 7.80. The third kappa shape index (κ3) is 3.94. The first kappa shape index (κ1) is 18.9. The second-order valence-electron chi connectivity index (χ2n) is 5.59. The summed E-state index contributed by atoms with van der Waals surface area (Å²) in [5, 5.41) is 12.8. The quantitative estimate of drug-likeness (QED) is 0.466. The van der Waals surface area contributed by atoms with Crippen LogP contribution in [0.25, 0.3) is 6.08 Å². The van der Waals surface area contributed by atoms with E-state index in [9.17, 15) is 14.7 Å². The Balaban J connectivity index is 1.98. The molecule has 0 radical (unpaired) electrons. The summed E-state index contributed by atoms with van der Waals surface area (Å²) in [4.78, 5) is 26.4. The number of aromatic hydroxyl groups is 1. The highest BCUT2D eigenvalue weighted by Crippen LogP contribution is 2.27. The van der Waals surface area contributed by atoms with E-state index in [2.05, 4.69) is 5.32 Å². The van der Waals surface area contributed by atoms with Crippen molar-refractivity contribution in [2.45, 2.75) is 6.92 Å². The Labute approximate surface area is 166 Å². The molecule has 2 aromatic carbocycles. The zero-order valence-electron chi connectivity index (χ0n) is 14.2. The van der Waals surface area contributed by atoms with Crippen LogP contribution in [-0.2, 0) is 9.59 Å². The van der Waals surface area contributed by atoms with Crippen molar-refractivity contribution in [3.05, 3.63) is 58.6 Å². The molecule has 0 spiro atoms. The molecule has 3 rings (SSSR count). The number of benzene rings is 2. The largest absolute Gasteiger partial charge is 0.507 e. The van der Waals surface area contributed by atoms with E-state index in [1.165, 1.54) is 29.2 Å². The maximum absolute atomic E-state index is 12.9. The Bertz CT molecular complexity index is 957. The minimum absolute atomic E-state index is 0.0263. The number of ether oxygens (including phenoxy) is 1. The lowest BCUT2D eigenvalue weighted by Crippen LogP contribution is -2.54. The fourth-order valence-electron chi connectivity index (χ4n) is 2.55. The number of carbonyl (C=O) groups excluding carboxylic acids is 2. The van der Waals surface area contributed by atoms with Gasteiger partial charge in [-0.05, 0) is 67.7 Å². The Morgan fingerprint density at radius 1 is 1.22 bits per heavy atom. The van der Waals surface area contributed by atoms with Crippen LogP contribution in [0, 0.1) is 0 Å². The number of nitrogens with one attached hydrogen (secondary N) is 1. The molecule has 2 amide bonds. The van der Waals surface area contributed by atoms with E-state index < -0.39 is 11.8 Å². The molecule has 0 bridgehead atoms. The number of phenolic OH excluding ortho intramolecular Hbond substituents is 1. The number of rotatable bonds is 4. The van der Waals surface area contributed by atoms with Gasteiger partial charge in [0.2, 0.25) is 0 Å². The molecule has 6 nitrogen and oxygen atoms in total. The number of carbonyl (C=O) groups is 2. The van der Waals surface area contributed by atoms with E-state index in [-0.39, 0.29) is 22.0 Å². The molecule has 27 heavy (non-hydrogen) atoms. The van der Waals surface area contributed by atoms with Crippen LogP contribution < -0.4 is 15.0 Å². The molecule has 138 valence electrons. The van der Waals surface area contributed by atoms with Crippen molar-refractivity contribution in [3.8, 4) is 11.5 Å². The molecule has 8 heteroatoms. The molecule has 0 saturated carbocycles. The maximum Gasteiger partial charge on any atom is 0.270 e. The lowest BCUT2D eigenvalue weighted by molar-refractivity contribution is -0.122. The molecule has 0 aromatic heterocycles. The third-order valence-corrected chi connectivity index (χ3v) is 4.32. The van der Waals surface area contributed by atoms with E-state index in [4.69, 9.17) is 28.6 Å². The van der Waals surface area contributed by atoms with E-state index in [1.807, 2.05) is 6.92 Å². The summed E-state index contributed by atoms with van der Waals surface area (Å²) >= 11 is 11.1. The fourth-order valence-corrected chi connectivity index (χ4v) is 3.01. The average Bonchev–Trinajstić information content (AvgIpc) is 2.63. The third-order valence-electron chi connectivity index (χ3n) is 3.80. The Kier molecular flexibility index (Phi) is 5.43. The Hall–Kier alpha value is -2.90. The second kappa shape index (κ2) is 7.77. The van der Waals surface area contributed by atoms with Gasteiger partial charge in [-0.15, -0.1) is 0 Å². The van der Waals surface area contributed by atoms with Crippen molar-refractivity contribution >= 4 is 52.5 Å². The smallest absolute Gasteiger partial charge is 0.270 e. The average molecular weight is 403 g/mol. The van der Waals surface area contributed by atoms with Gasteiger partial charge < -0.3 is 9.84 Å². The van der Waals surface area contributed by atoms with Crippen LogP contribution in [0.1, 0.15) is 12.5 Å². The molecule has 1 fully saturated rings. The molecule has 2 aromatic rings. The molecule has 2 N–H and O–H groups in total. The number of hydrogen-bond donors (Lipinski definition) is 2. The maximum atomic E-state index is 12.9. The lowest BCUT2D eigenvalue weighted by Gasteiger charge is -2.29. The van der Waals surface area contributed by atoms with Crippen LogP contribution in [0.4, 0.5) is 5.69 Å². The van der Waals surface area contributed by atoms with Gasteiger partial charge in [0.15, 0.2) is 5.11 Å². The first-order valence-electron chi connectivity index (χ1n) is 8.03. The van der Waals surface area contributed by atoms with Gasteiger partial charge in [0.05, 0.1) is 12.3 Å². The molecular formula is C19H15ClN2O4S. The highest BCUT2D eigenvalue weighted by Gasteiger charge is 2.34. The summed E-state index contributed by atoms with van der Waals surface area (Å²) in [6.07, 6.45) is 1.28. The standard InChI is InChI=1S/C19H15ClN2O4S/c1-2-26-14-6-4-13(5-7-14)22-18(25)15(17(24)21-19(22)27)10-11-9-12(20)3-8-16(11)23/h3-10,23H,2H2,1H3,(H,21,24,27)/b15-10-. The molecule has 1 aliphatic rings. The van der Waals surface area contributed by atoms with Gasteiger partial charge >= 0.3 is 0 Å². The Morgan fingerprint density at radius 2 is 1.93 bits per heavy atom. The minimum Gasteiger partial charge on any atom is -0.507 e. The predicted molar refractivity (Wildman–Crippen MR) is 107 cm³/mol. The van der Waals surface area contributed by atoms with Crippen LogP contribution in [0.3, 0.4) is 0 Å². The summed E-state index contributed by atoms with van der Waals surface area (Å²) in [7, 11) is 0. The van der Waals surface area contributed by atoms with Crippen molar-refractivity contribution in [2.24, 2.45) is 0 Å². The van der Waals surface area contributed by atoms with Gasteiger partial charge in [0.25, 0.3) is 11.8 Å². The fraction of sp³-hybridized carbons (Fsp3) is 0.105. The summed E-state index contributed by atoms with van der Waals surface area (Å²) in [6, 6.07) is 11.1. The normalized spacial score (nSPS) is 15.9. The van der Waals surface area contributed by atoms with Crippen LogP contribution in [0.15, 0.2) is 48.0 Å². The van der Waals surface area contributed by atoms with E-state index in [1.54, 1.807) is 24.3 Å². The first-order chi connectivity index (χ1) is 12.9. The van der Waals surface area contributed by atoms with E-state index in [0.717, 1.165) is 0 Å². The van der Waals surface area contributed by atoms with Crippen molar-refractivity contribution in [3.63, 3.8) is 0 Å². The van der Waals surface area contributed by atoms with Crippen molar-refractivity contribution in [1.29, 1.82) is 0 Å². The molecule has 0 atom stereocenters. The summed E-state index contributed by atoms with van der Waals surface area (Å²) in [5.74, 6) is -0.701. The number of nitrogens with zero attached hydrogens (tertiary/aromatic N) is 1. The van der Waals surface area contributed by atoms with Crippen molar-refractivity contribution in [2.75, 3.05) is 11.5 Å². The molecule has 0 unspecified atom stereocenters. The van der Waals surface area contributed by atoms with Crippen LogP contribution >= 0.6 is 23.8 Å². The van der Waals surface area contributed by atoms with Crippen LogP contribution in [0.5, 0.6) is 11.5 Å². The SMILES string of the molecule is CCOc1ccc(N2C(=O)/C(=C\c3cc(Cl)ccc3O)C(=O)NC2=S)cc1. The van der Waals surface area contributed by atoms with Gasteiger partial charge in [0.1, 0.15) is 17.1 Å². The topological polar surface area (TPSA) is 78.9 Å². The molecule has 1 saturated heterocycles. The van der Waals surface area contributed by atoms with Gasteiger partial charge in [-0.2, -0.15) is 0 Å². The molecule has 1 aliphatic heterocycles. The summed E-state index contributed by atoms with van der Waals surface area (Å²) in [5.41, 5.74) is 0.560. The lowest BCUT2D eigenvalue weighted by atomic mass is 10.1. The van der Waals surface area contributed by atoms with E-state index >= 15 is 0 Å². The highest BCUT2D eigenvalue weighted by atomic mass is 35.5. The molecule has 0 aliphatic carbocycles. The van der Waals surface area contributed by atoms with Gasteiger partial charge in [-0.25, -0.2) is 0 Å². The number of halogens is 1. The van der Waals surface area contributed by atoms with Gasteiger partial charge in [-0.1, -0.05) is 11.6 Å². The second-order valence-corrected chi connectivity index (χ2v) is 6.41. The number of thiocarbonyl (C=S) groups is 1. The van der Waals surface area contributed by atoms with Gasteiger partial charge in [0, 0.05) is 10.6 Å². The van der Waals surface area contributed by atoms with Crippen molar-refractivity contribution < 1.29 is 19.4 Å². The number of anilines is 1. The number of phenols is 1. The molecule has 1 heterocycles. The van der Waals surface area contributed by atoms with Crippen LogP contribution in [0.2, 0.25) is 5.02 Å². The molecular weight excluding hydrogens is 388 g/mol. The summed E-state index contributed by atoms with van der Waals surface area (Å²) < 4.78 is 5.39. The first-order valence-corrected chi connectivity index (χ1v) is 8.82. The van der Waals surface area contributed by atoms with Gasteiger partial charge in [-0.3, -0.25) is 19.8 Å². The zero-order valence-corrected chi connectivity index (χ0v) is 15.8. The predicted octanol–water partition coefficient (Wildman–Crippen LogP) is 3.28. The van der Waals surface area contributed by atoms with E-state index in [0.29, 0.717) is 23.1 Å². The number of amides is 2.